The third-order valence-corrected chi connectivity index (χ3v) is 4.70. The summed E-state index contributed by atoms with van der Waals surface area (Å²) < 4.78 is 0. The number of ketones is 1. The van der Waals surface area contributed by atoms with E-state index >= 15 is 0 Å². The van der Waals surface area contributed by atoms with Crippen molar-refractivity contribution < 1.29 is 44.4 Å². The van der Waals surface area contributed by atoms with Crippen LogP contribution in [0.4, 0.5) is 0 Å². The number of carboxylic acids is 4. The fourth-order valence-corrected chi connectivity index (χ4v) is 3.22. The molecule has 2 aliphatic carbocycles. The van der Waals surface area contributed by atoms with Gasteiger partial charge < -0.3 is 20.4 Å². The SMILES string of the molecule is O=C(O)C1=CC=C2C(=Cc3cc(C(=O)O)ccc32)C1=O.O=C(O)c1ccccc1C(=O)O. The van der Waals surface area contributed by atoms with Gasteiger partial charge >= 0.3 is 23.9 Å². The van der Waals surface area contributed by atoms with E-state index in [2.05, 4.69) is 0 Å². The molecule has 0 spiro atoms. The molecule has 9 heteroatoms. The Bertz CT molecular complexity index is 1260. The van der Waals surface area contributed by atoms with Crippen molar-refractivity contribution in [2.45, 2.75) is 0 Å². The first-order valence-electron chi connectivity index (χ1n) is 8.97. The van der Waals surface area contributed by atoms with Crippen molar-refractivity contribution in [3.8, 4) is 0 Å². The van der Waals surface area contributed by atoms with Crippen LogP contribution in [0, 0.1) is 0 Å². The molecule has 2 aliphatic rings. The molecule has 0 unspecified atom stereocenters. The Hall–Kier alpha value is -4.79. The molecule has 0 aromatic heterocycles. The summed E-state index contributed by atoms with van der Waals surface area (Å²) in [5.41, 5.74) is 1.73. The molecule has 0 fully saturated rings. The van der Waals surface area contributed by atoms with Crippen LogP contribution in [0.2, 0.25) is 0 Å². The average molecular weight is 434 g/mol. The third kappa shape index (κ3) is 4.08. The zero-order valence-corrected chi connectivity index (χ0v) is 16.1. The van der Waals surface area contributed by atoms with Gasteiger partial charge in [-0.25, -0.2) is 19.2 Å². The fraction of sp³-hybridized carbons (Fsp3) is 0. The number of allylic oxidation sites excluding steroid dienone is 4. The minimum Gasteiger partial charge on any atom is -0.478 e. The Morgan fingerprint density at radius 1 is 0.656 bits per heavy atom. The number of carboxylic acid groups (broad SMARTS) is 4. The van der Waals surface area contributed by atoms with Crippen molar-refractivity contribution in [3.05, 3.63) is 93.6 Å². The number of fused-ring (bicyclic) bond motifs is 3. The summed E-state index contributed by atoms with van der Waals surface area (Å²) in [4.78, 5) is 54.9. The van der Waals surface area contributed by atoms with Crippen molar-refractivity contribution in [2.24, 2.45) is 0 Å². The van der Waals surface area contributed by atoms with Crippen LogP contribution in [0.5, 0.6) is 0 Å². The van der Waals surface area contributed by atoms with Crippen molar-refractivity contribution in [1.29, 1.82) is 0 Å². The van der Waals surface area contributed by atoms with E-state index in [4.69, 9.17) is 20.4 Å². The number of aromatic carboxylic acids is 3. The number of carbonyl (C=O) groups is 5. The first kappa shape index (κ1) is 21.9. The predicted molar refractivity (Wildman–Crippen MR) is 110 cm³/mol. The minimum atomic E-state index is -1.27. The summed E-state index contributed by atoms with van der Waals surface area (Å²) in [6.07, 6.45) is 4.38. The lowest BCUT2D eigenvalue weighted by Gasteiger charge is -2.11. The lowest BCUT2D eigenvalue weighted by atomic mass is 9.91. The summed E-state index contributed by atoms with van der Waals surface area (Å²) in [5.74, 6) is -5.33. The number of rotatable bonds is 4. The Morgan fingerprint density at radius 2 is 1.25 bits per heavy atom. The van der Waals surface area contributed by atoms with Crippen LogP contribution in [0.1, 0.15) is 42.2 Å². The van der Waals surface area contributed by atoms with Gasteiger partial charge in [0, 0.05) is 5.57 Å². The highest BCUT2D eigenvalue weighted by atomic mass is 16.4. The predicted octanol–water partition coefficient (Wildman–Crippen LogP) is 2.84. The molecule has 160 valence electrons. The second-order valence-corrected chi connectivity index (χ2v) is 6.62. The van der Waals surface area contributed by atoms with Crippen LogP contribution in [0.15, 0.2) is 65.8 Å². The van der Waals surface area contributed by atoms with Gasteiger partial charge in [-0.05, 0) is 53.1 Å². The number of carbonyl (C=O) groups excluding carboxylic acids is 1. The van der Waals surface area contributed by atoms with Crippen LogP contribution >= 0.6 is 0 Å². The molecular formula is C23H14O9. The zero-order chi connectivity index (χ0) is 23.6. The molecule has 2 aromatic rings. The van der Waals surface area contributed by atoms with Gasteiger partial charge in [0.05, 0.1) is 16.7 Å². The molecule has 0 saturated heterocycles. The van der Waals surface area contributed by atoms with Crippen molar-refractivity contribution in [3.63, 3.8) is 0 Å². The molecule has 0 heterocycles. The van der Waals surface area contributed by atoms with E-state index in [1.54, 1.807) is 12.1 Å². The van der Waals surface area contributed by atoms with Crippen molar-refractivity contribution in [1.82, 2.24) is 0 Å². The van der Waals surface area contributed by atoms with Crippen LogP contribution in [-0.4, -0.2) is 50.1 Å². The van der Waals surface area contributed by atoms with E-state index in [0.29, 0.717) is 16.7 Å². The van der Waals surface area contributed by atoms with E-state index in [9.17, 15) is 24.0 Å². The Balaban J connectivity index is 0.000000207. The second kappa shape index (κ2) is 8.52. The minimum absolute atomic E-state index is 0.124. The number of aliphatic carboxylic acids is 1. The molecule has 0 saturated carbocycles. The van der Waals surface area contributed by atoms with E-state index < -0.39 is 29.7 Å². The summed E-state index contributed by atoms with van der Waals surface area (Å²) >= 11 is 0. The smallest absolute Gasteiger partial charge is 0.339 e. The first-order valence-corrected chi connectivity index (χ1v) is 8.97. The van der Waals surface area contributed by atoms with E-state index in [1.165, 1.54) is 48.6 Å². The van der Waals surface area contributed by atoms with Gasteiger partial charge in [-0.15, -0.1) is 0 Å². The number of hydrogen-bond donors (Lipinski definition) is 4. The molecule has 9 nitrogen and oxygen atoms in total. The maximum absolute atomic E-state index is 12.1. The molecule has 0 aliphatic heterocycles. The molecular weight excluding hydrogens is 420 g/mol. The van der Waals surface area contributed by atoms with Crippen molar-refractivity contribution in [2.75, 3.05) is 0 Å². The lowest BCUT2D eigenvalue weighted by molar-refractivity contribution is -0.134. The van der Waals surface area contributed by atoms with Crippen molar-refractivity contribution >= 4 is 41.3 Å². The van der Waals surface area contributed by atoms with E-state index in [1.807, 2.05) is 0 Å². The first-order chi connectivity index (χ1) is 15.1. The highest BCUT2D eigenvalue weighted by molar-refractivity contribution is 6.33. The van der Waals surface area contributed by atoms with Crippen LogP contribution in [-0.2, 0) is 9.59 Å². The van der Waals surface area contributed by atoms with Gasteiger partial charge in [0.2, 0.25) is 5.78 Å². The fourth-order valence-electron chi connectivity index (χ4n) is 3.22. The highest BCUT2D eigenvalue weighted by Crippen LogP contribution is 2.39. The second-order valence-electron chi connectivity index (χ2n) is 6.62. The number of Topliss-reactive ketones (excluding diaryl/α,β-unsaturated/α-hetero) is 1. The topological polar surface area (TPSA) is 166 Å². The molecule has 4 N–H and O–H groups in total. The summed E-state index contributed by atoms with van der Waals surface area (Å²) in [7, 11) is 0. The number of benzene rings is 2. The van der Waals surface area contributed by atoms with Gasteiger partial charge in [0.1, 0.15) is 5.57 Å². The zero-order valence-electron chi connectivity index (χ0n) is 16.1. The Labute approximate surface area is 179 Å². The maximum atomic E-state index is 12.1. The molecule has 0 amide bonds. The van der Waals surface area contributed by atoms with Gasteiger partial charge in [0.25, 0.3) is 0 Å². The van der Waals surface area contributed by atoms with Gasteiger partial charge in [-0.2, -0.15) is 0 Å². The third-order valence-electron chi connectivity index (χ3n) is 4.70. The monoisotopic (exact) mass is 434 g/mol. The average Bonchev–Trinajstić information content (AvgIpc) is 3.13. The summed E-state index contributed by atoms with van der Waals surface area (Å²) in [6, 6.07) is 10.0. The molecule has 2 aromatic carbocycles. The molecule has 4 rings (SSSR count). The molecule has 0 radical (unpaired) electrons. The summed E-state index contributed by atoms with van der Waals surface area (Å²) in [5, 5.41) is 35.0. The maximum Gasteiger partial charge on any atom is 0.339 e. The lowest BCUT2D eigenvalue weighted by Crippen LogP contribution is -2.16. The van der Waals surface area contributed by atoms with Crippen LogP contribution in [0.3, 0.4) is 0 Å². The molecule has 0 atom stereocenters. The Morgan fingerprint density at radius 3 is 1.75 bits per heavy atom. The van der Waals surface area contributed by atoms with Gasteiger partial charge in [-0.1, -0.05) is 24.3 Å². The standard InChI is InChI=1S/C15H8O5.C8H6O4/c16-13-11(15(19)20)4-3-10-9-2-1-7(14(17)18)5-8(9)6-12(10)13;9-7(10)5-3-1-2-4-6(5)8(11)12/h1-6H,(H,17,18)(H,19,20);1-4H,(H,9,10)(H,11,12). The normalized spacial score (nSPS) is 13.4. The molecule has 32 heavy (non-hydrogen) atoms. The molecule has 0 bridgehead atoms. The van der Waals surface area contributed by atoms with Crippen LogP contribution < -0.4 is 0 Å². The van der Waals surface area contributed by atoms with Crippen LogP contribution in [0.25, 0.3) is 11.6 Å². The largest absolute Gasteiger partial charge is 0.478 e. The van der Waals surface area contributed by atoms with E-state index in [-0.39, 0.29) is 22.3 Å². The highest BCUT2D eigenvalue weighted by Gasteiger charge is 2.31. The quantitative estimate of drug-likeness (QED) is 0.529. The van der Waals surface area contributed by atoms with E-state index in [0.717, 1.165) is 5.56 Å². The Kier molecular flexibility index (Phi) is 5.83. The van der Waals surface area contributed by atoms with Gasteiger partial charge in [-0.3, -0.25) is 4.79 Å². The number of hydrogen-bond acceptors (Lipinski definition) is 5. The van der Waals surface area contributed by atoms with Gasteiger partial charge in [0.15, 0.2) is 0 Å². The summed E-state index contributed by atoms with van der Waals surface area (Å²) in [6.45, 7) is 0.